The first kappa shape index (κ1) is 30.5. The minimum atomic E-state index is -4.55. The monoisotopic (exact) mass is 582 g/mol. The summed E-state index contributed by atoms with van der Waals surface area (Å²) in [6.45, 7) is 2.85. The smallest absolute Gasteiger partial charge is 0.417 e. The van der Waals surface area contributed by atoms with Crippen LogP contribution in [0.2, 0.25) is 5.02 Å². The molecule has 0 atom stereocenters. The predicted molar refractivity (Wildman–Crippen MR) is 144 cm³/mol. The number of nitrogens with zero attached hydrogens (tertiary/aromatic N) is 1. The van der Waals surface area contributed by atoms with E-state index >= 15 is 0 Å². The van der Waals surface area contributed by atoms with E-state index in [0.29, 0.717) is 36.4 Å². The molecule has 0 aromatic heterocycles. The summed E-state index contributed by atoms with van der Waals surface area (Å²) in [6, 6.07) is 18.1. The summed E-state index contributed by atoms with van der Waals surface area (Å²) >= 11 is 6.14. The first-order chi connectivity index (χ1) is 18.3. The van der Waals surface area contributed by atoms with E-state index in [1.807, 2.05) is 35.2 Å². The Balaban J connectivity index is 1.70. The topological polar surface area (TPSA) is 75.7 Å². The number of benzene rings is 3. The molecule has 0 heterocycles. The Morgan fingerprint density at radius 2 is 1.72 bits per heavy atom. The van der Waals surface area contributed by atoms with Crippen LogP contribution in [-0.4, -0.2) is 38.6 Å². The lowest BCUT2D eigenvalue weighted by molar-refractivity contribution is -0.137. The standard InChI is InChI=1S/C28H30ClF3N2O4S/c1-20(35)33-17-22-12-13-24(16-26(22)39(2,36)37)38-15-7-14-34(18-21-8-4-3-5-9-21)19-23-10-6-11-25(27(23)29)28(30,31)32/h3-6,8-13,16H,7,14-15,17-19H2,1-2H3,(H,33,35). The fraction of sp³-hybridized carbons (Fsp3) is 0.321. The molecule has 0 fully saturated rings. The minimum absolute atomic E-state index is 0.0682. The highest BCUT2D eigenvalue weighted by Crippen LogP contribution is 2.36. The molecule has 210 valence electrons. The first-order valence-corrected chi connectivity index (χ1v) is 14.4. The zero-order valence-corrected chi connectivity index (χ0v) is 23.2. The fourth-order valence-electron chi connectivity index (χ4n) is 4.03. The van der Waals surface area contributed by atoms with Crippen molar-refractivity contribution in [2.75, 3.05) is 19.4 Å². The van der Waals surface area contributed by atoms with Crippen molar-refractivity contribution in [3.05, 3.63) is 94.0 Å². The van der Waals surface area contributed by atoms with Gasteiger partial charge in [0.05, 0.1) is 22.1 Å². The van der Waals surface area contributed by atoms with Crippen molar-refractivity contribution < 1.29 is 31.1 Å². The van der Waals surface area contributed by atoms with Gasteiger partial charge in [0.15, 0.2) is 9.84 Å². The second-order valence-corrected chi connectivity index (χ2v) is 11.5. The third-order valence-electron chi connectivity index (χ3n) is 5.88. The molecule has 0 spiro atoms. The number of halogens is 4. The molecule has 39 heavy (non-hydrogen) atoms. The van der Waals surface area contributed by atoms with Crippen LogP contribution in [0.4, 0.5) is 13.2 Å². The van der Waals surface area contributed by atoms with Crippen LogP contribution in [0.25, 0.3) is 0 Å². The number of ether oxygens (including phenoxy) is 1. The quantitative estimate of drug-likeness (QED) is 0.270. The summed E-state index contributed by atoms with van der Waals surface area (Å²) in [4.78, 5) is 13.3. The molecule has 0 bridgehead atoms. The van der Waals surface area contributed by atoms with E-state index in [1.54, 1.807) is 18.2 Å². The van der Waals surface area contributed by atoms with Gasteiger partial charge in [-0.25, -0.2) is 8.42 Å². The van der Waals surface area contributed by atoms with Crippen molar-refractivity contribution in [2.24, 2.45) is 0 Å². The second kappa shape index (κ2) is 13.3. The number of alkyl halides is 3. The maximum Gasteiger partial charge on any atom is 0.417 e. The maximum atomic E-state index is 13.4. The summed E-state index contributed by atoms with van der Waals surface area (Å²) < 4.78 is 70.4. The van der Waals surface area contributed by atoms with Crippen LogP contribution in [-0.2, 0) is 40.4 Å². The van der Waals surface area contributed by atoms with Crippen LogP contribution in [0.1, 0.15) is 35.6 Å². The van der Waals surface area contributed by atoms with Crippen LogP contribution in [0.5, 0.6) is 5.75 Å². The number of rotatable bonds is 12. The number of nitrogens with one attached hydrogen (secondary N) is 1. The zero-order chi connectivity index (χ0) is 28.6. The number of hydrogen-bond donors (Lipinski definition) is 1. The van der Waals surface area contributed by atoms with Gasteiger partial charge in [0, 0.05) is 39.4 Å². The summed E-state index contributed by atoms with van der Waals surface area (Å²) in [6.07, 6.45) is -2.94. The van der Waals surface area contributed by atoms with E-state index in [2.05, 4.69) is 5.32 Å². The Morgan fingerprint density at radius 3 is 2.36 bits per heavy atom. The molecule has 0 saturated heterocycles. The SMILES string of the molecule is CC(=O)NCc1ccc(OCCCN(Cc2ccccc2)Cc2cccc(C(F)(F)F)c2Cl)cc1S(C)(=O)=O. The maximum absolute atomic E-state index is 13.4. The van der Waals surface area contributed by atoms with Crippen LogP contribution < -0.4 is 10.1 Å². The Hall–Kier alpha value is -3.08. The molecule has 1 amide bonds. The Bertz CT molecular complexity index is 1380. The highest BCUT2D eigenvalue weighted by molar-refractivity contribution is 7.90. The number of hydrogen-bond acceptors (Lipinski definition) is 5. The first-order valence-electron chi connectivity index (χ1n) is 12.2. The van der Waals surface area contributed by atoms with Gasteiger partial charge in [0.2, 0.25) is 5.91 Å². The van der Waals surface area contributed by atoms with Crippen molar-refractivity contribution in [3.63, 3.8) is 0 Å². The number of carbonyl (C=O) groups excluding carboxylic acids is 1. The van der Waals surface area contributed by atoms with Crippen molar-refractivity contribution in [2.45, 2.75) is 44.1 Å². The Kier molecular flexibility index (Phi) is 10.4. The molecule has 3 rings (SSSR count). The lowest BCUT2D eigenvalue weighted by Gasteiger charge is -2.24. The summed E-state index contributed by atoms with van der Waals surface area (Å²) in [7, 11) is -3.57. The summed E-state index contributed by atoms with van der Waals surface area (Å²) in [5.74, 6) is 0.0822. The molecule has 0 saturated carbocycles. The summed E-state index contributed by atoms with van der Waals surface area (Å²) in [5, 5.41) is 2.28. The van der Waals surface area contributed by atoms with E-state index in [-0.39, 0.29) is 35.5 Å². The molecule has 0 radical (unpaired) electrons. The molecule has 1 N–H and O–H groups in total. The normalized spacial score (nSPS) is 12.0. The number of amides is 1. The van der Waals surface area contributed by atoms with Crippen molar-refractivity contribution in [1.82, 2.24) is 10.2 Å². The number of carbonyl (C=O) groups is 1. The van der Waals surface area contributed by atoms with Gasteiger partial charge in [-0.3, -0.25) is 9.69 Å². The van der Waals surface area contributed by atoms with E-state index in [0.717, 1.165) is 17.9 Å². The largest absolute Gasteiger partial charge is 0.494 e. The average molecular weight is 583 g/mol. The molecule has 0 aliphatic carbocycles. The molecular weight excluding hydrogens is 553 g/mol. The van der Waals surface area contributed by atoms with E-state index in [9.17, 15) is 26.4 Å². The van der Waals surface area contributed by atoms with Crippen LogP contribution in [0.3, 0.4) is 0 Å². The van der Waals surface area contributed by atoms with Gasteiger partial charge in [-0.05, 0) is 41.3 Å². The zero-order valence-electron chi connectivity index (χ0n) is 21.6. The predicted octanol–water partition coefficient (Wildman–Crippen LogP) is 5.87. The molecule has 0 aliphatic heterocycles. The molecular formula is C28H30ClF3N2O4S. The third kappa shape index (κ3) is 9.26. The molecule has 0 aliphatic rings. The minimum Gasteiger partial charge on any atom is -0.494 e. The van der Waals surface area contributed by atoms with Gasteiger partial charge in [-0.1, -0.05) is 60.1 Å². The van der Waals surface area contributed by atoms with Crippen molar-refractivity contribution in [3.8, 4) is 5.75 Å². The second-order valence-electron chi connectivity index (χ2n) is 9.13. The average Bonchev–Trinajstić information content (AvgIpc) is 2.86. The van der Waals surface area contributed by atoms with E-state index in [4.69, 9.17) is 16.3 Å². The Morgan fingerprint density at radius 1 is 1.00 bits per heavy atom. The van der Waals surface area contributed by atoms with Crippen molar-refractivity contribution in [1.29, 1.82) is 0 Å². The Labute approximate surface area is 231 Å². The summed E-state index contributed by atoms with van der Waals surface area (Å²) in [5.41, 5.74) is 0.949. The van der Waals surface area contributed by atoms with Gasteiger partial charge in [-0.2, -0.15) is 13.2 Å². The fourth-order valence-corrected chi connectivity index (χ4v) is 5.27. The molecule has 0 unspecified atom stereocenters. The van der Waals surface area contributed by atoms with Gasteiger partial charge in [0.1, 0.15) is 5.75 Å². The van der Waals surface area contributed by atoms with Crippen LogP contribution in [0, 0.1) is 0 Å². The lowest BCUT2D eigenvalue weighted by Crippen LogP contribution is -2.26. The molecule has 6 nitrogen and oxygen atoms in total. The van der Waals surface area contributed by atoms with Crippen molar-refractivity contribution >= 4 is 27.3 Å². The van der Waals surface area contributed by atoms with Crippen LogP contribution in [0.15, 0.2) is 71.6 Å². The molecule has 3 aromatic rings. The lowest BCUT2D eigenvalue weighted by atomic mass is 10.1. The van der Waals surface area contributed by atoms with Gasteiger partial charge < -0.3 is 10.1 Å². The number of sulfone groups is 1. The van der Waals surface area contributed by atoms with E-state index < -0.39 is 21.6 Å². The molecule has 3 aromatic carbocycles. The van der Waals surface area contributed by atoms with Crippen LogP contribution >= 0.6 is 11.6 Å². The highest BCUT2D eigenvalue weighted by Gasteiger charge is 2.34. The molecule has 11 heteroatoms. The van der Waals surface area contributed by atoms with Gasteiger partial charge >= 0.3 is 6.18 Å². The van der Waals surface area contributed by atoms with Gasteiger partial charge in [0.25, 0.3) is 0 Å². The van der Waals surface area contributed by atoms with E-state index in [1.165, 1.54) is 19.1 Å². The third-order valence-corrected chi connectivity index (χ3v) is 7.51. The highest BCUT2D eigenvalue weighted by atomic mass is 35.5. The van der Waals surface area contributed by atoms with Gasteiger partial charge in [-0.15, -0.1) is 0 Å².